The lowest BCUT2D eigenvalue weighted by Gasteiger charge is -2.63. The van der Waals surface area contributed by atoms with Crippen molar-refractivity contribution in [1.29, 1.82) is 0 Å². The molecular weight excluding hydrogens is 1110 g/mol. The Morgan fingerprint density at radius 2 is 1.44 bits per heavy atom. The molecule has 4 aliphatic carbocycles. The largest absolute Gasteiger partial charge is 0.462 e. The van der Waals surface area contributed by atoms with E-state index in [1.165, 1.54) is 21.0 Å². The van der Waals surface area contributed by atoms with E-state index in [-0.39, 0.29) is 29.8 Å². The first-order valence-electron chi connectivity index (χ1n) is 28.4. The summed E-state index contributed by atoms with van der Waals surface area (Å²) in [4.78, 5) is 27.4. The maximum Gasteiger partial charge on any atom is 0.397 e. The summed E-state index contributed by atoms with van der Waals surface area (Å²) in [5.41, 5.74) is -3.73. The van der Waals surface area contributed by atoms with E-state index in [0.717, 1.165) is 5.57 Å². The van der Waals surface area contributed by atoms with Crippen molar-refractivity contribution in [3.63, 3.8) is 0 Å². The Hall–Kier alpha value is -2.43. The average Bonchev–Trinajstić information content (AvgIpc) is 1.52. The van der Waals surface area contributed by atoms with E-state index >= 15 is 0 Å². The van der Waals surface area contributed by atoms with Gasteiger partial charge in [-0.2, -0.15) is 8.42 Å². The Labute approximate surface area is 477 Å². The van der Waals surface area contributed by atoms with Gasteiger partial charge in [0, 0.05) is 25.9 Å². The smallest absolute Gasteiger partial charge is 0.397 e. The van der Waals surface area contributed by atoms with Crippen LogP contribution in [0.5, 0.6) is 0 Å². The second-order valence-electron chi connectivity index (χ2n) is 26.0. The molecule has 8 fully saturated rings. The number of methoxy groups -OCH3 is 1. The molecule has 0 aromatic carbocycles. The van der Waals surface area contributed by atoms with E-state index in [0.29, 0.717) is 44.9 Å². The van der Waals surface area contributed by atoms with Gasteiger partial charge >= 0.3 is 22.3 Å². The second kappa shape index (κ2) is 23.3. The molecule has 0 radical (unpaired) electrons. The van der Waals surface area contributed by atoms with Crippen molar-refractivity contribution >= 4 is 22.3 Å². The molecule has 0 bridgehead atoms. The van der Waals surface area contributed by atoms with Crippen molar-refractivity contribution in [3.05, 3.63) is 23.8 Å². The van der Waals surface area contributed by atoms with Crippen LogP contribution < -0.4 is 0 Å². The maximum absolute atomic E-state index is 14.7. The molecular formula is C55H86O26S. The summed E-state index contributed by atoms with van der Waals surface area (Å²) in [6.45, 7) is 14.7. The molecule has 82 heavy (non-hydrogen) atoms. The predicted octanol–water partition coefficient (Wildman–Crippen LogP) is -0.409. The zero-order chi connectivity index (χ0) is 60.2. The molecule has 0 amide bonds. The molecule has 27 heteroatoms. The molecule has 5 heterocycles. The standard InChI is InChI=1S/C55H86O26S/c1-24-40(77-47-39(64)42(34(59)30(21-56)75-47)78-45-38(63)41(70-10)28(58)22-71-45)36(61)37(62)46(73-24)79-43-35(60)31(81-82(67,68)69)23-72-48(43)76-33-15-18-52(7)26-14-19-55-44(54(9,80-49(55)65)17-11-16-50(3,4)66)29(74-25(2)57)20-53(55,8)27(26)12-13-32(52)51(33,5)6/h11-12,16,24,26,28-48,56,58-64,66H,13-15,17-23H2,1-10H3,(H,67,68,69)/b16-11+/t24-,26+,28-,29+,30-,31-,32+,33+,34-,35+,36-,37-,38-,39-,40-,41+,42+,43-,44+,45+,46+,47+,48+,52-,53+,54+,55+/m1/s1. The lowest BCUT2D eigenvalue weighted by atomic mass is 9.41. The molecule has 5 aliphatic heterocycles. The number of allylic oxidation sites excluding steroid dienone is 2. The first-order chi connectivity index (χ1) is 38.2. The van der Waals surface area contributed by atoms with Crippen molar-refractivity contribution in [2.24, 2.45) is 39.4 Å². The van der Waals surface area contributed by atoms with E-state index in [4.69, 9.17) is 56.3 Å². The molecule has 3 saturated carbocycles. The molecule has 27 atom stereocenters. The van der Waals surface area contributed by atoms with Crippen LogP contribution in [0.15, 0.2) is 23.8 Å². The summed E-state index contributed by atoms with van der Waals surface area (Å²) in [6, 6.07) is 0. The zero-order valence-electron chi connectivity index (χ0n) is 48.0. The molecule has 9 rings (SSSR count). The Bertz CT molecular complexity index is 2490. The van der Waals surface area contributed by atoms with Crippen LogP contribution in [0.25, 0.3) is 0 Å². The topological polar surface area (TPSA) is 381 Å². The van der Waals surface area contributed by atoms with E-state index in [9.17, 15) is 68.5 Å². The first-order valence-corrected chi connectivity index (χ1v) is 29.8. The third kappa shape index (κ3) is 11.3. The van der Waals surface area contributed by atoms with Crippen LogP contribution in [0, 0.1) is 39.4 Å². The van der Waals surface area contributed by atoms with Crippen LogP contribution in [-0.4, -0.2) is 232 Å². The molecule has 468 valence electrons. The van der Waals surface area contributed by atoms with Gasteiger partial charge in [0.1, 0.15) is 91.1 Å². The van der Waals surface area contributed by atoms with Crippen molar-refractivity contribution < 1.29 is 125 Å². The number of carbonyl (C=O) groups is 2. The van der Waals surface area contributed by atoms with Crippen LogP contribution in [0.4, 0.5) is 0 Å². The number of fused-ring (bicyclic) bond motifs is 4. The summed E-state index contributed by atoms with van der Waals surface area (Å²) in [5, 5.41) is 99.3. The van der Waals surface area contributed by atoms with Gasteiger partial charge < -0.3 is 98.1 Å². The minimum atomic E-state index is -5.18. The molecule has 1 spiro atoms. The lowest BCUT2D eigenvalue weighted by Crippen LogP contribution is -2.66. The van der Waals surface area contributed by atoms with E-state index in [1.807, 2.05) is 13.0 Å². The Morgan fingerprint density at radius 3 is 2.09 bits per heavy atom. The number of rotatable bonds is 16. The van der Waals surface area contributed by atoms with Crippen molar-refractivity contribution in [2.75, 3.05) is 26.9 Å². The summed E-state index contributed by atoms with van der Waals surface area (Å²) in [7, 11) is -3.94. The number of carbonyl (C=O) groups excluding carboxylic acids is 2. The fourth-order valence-electron chi connectivity index (χ4n) is 16.2. The Morgan fingerprint density at radius 1 is 0.793 bits per heavy atom. The fraction of sp³-hybridized carbons (Fsp3) is 0.891. The number of cyclic esters (lactones) is 1. The number of ether oxygens (including phenoxy) is 11. The SMILES string of the molecule is CO[C@@H]1[C@@H](O)[C@H](O[C@@H]2[C@@H](O)[C@H](O[C@H]3[C@H](O)[C@@H](O)[C@H](O[C@H]4[C@H](O[C@H]5CC[C@]6(C)[C@H]7CC[C@@]89C(=O)O[C@@](C)(C/C=C/C(C)(C)O)[C@@H]8[C@@H](OC(C)=O)C[C@@]9(C)C7=CC[C@H]6C5(C)C)OC[C@@H](OS(=O)(=O)O)[C@@H]4O)O[C@@H]3C)O[C@H](CO)[C@H]2O)OC[C@H]1O. The minimum Gasteiger partial charge on any atom is -0.462 e. The van der Waals surface area contributed by atoms with Gasteiger partial charge in [-0.25, -0.2) is 4.18 Å². The highest BCUT2D eigenvalue weighted by molar-refractivity contribution is 7.80. The summed E-state index contributed by atoms with van der Waals surface area (Å²) < 4.78 is 104. The van der Waals surface area contributed by atoms with E-state index in [2.05, 4.69) is 33.8 Å². The average molecular weight is 1200 g/mol. The summed E-state index contributed by atoms with van der Waals surface area (Å²) >= 11 is 0. The number of aliphatic hydroxyl groups is 9. The third-order valence-corrected chi connectivity index (χ3v) is 20.5. The number of esters is 2. The number of hydrogen-bond acceptors (Lipinski definition) is 25. The zero-order valence-corrected chi connectivity index (χ0v) is 48.8. The van der Waals surface area contributed by atoms with Crippen molar-refractivity contribution in [2.45, 2.75) is 241 Å². The van der Waals surface area contributed by atoms with Crippen LogP contribution in [-0.2, 0) is 76.3 Å². The van der Waals surface area contributed by atoms with Crippen molar-refractivity contribution in [3.8, 4) is 0 Å². The van der Waals surface area contributed by atoms with Gasteiger partial charge in [-0.1, -0.05) is 51.5 Å². The maximum atomic E-state index is 14.7. The summed E-state index contributed by atoms with van der Waals surface area (Å²) in [6.07, 6.45) is -21.6. The van der Waals surface area contributed by atoms with Gasteiger partial charge in [-0.3, -0.25) is 14.1 Å². The number of aliphatic hydroxyl groups excluding tert-OH is 8. The highest BCUT2D eigenvalue weighted by Gasteiger charge is 2.79. The normalized spacial score (nSPS) is 49.5. The first kappa shape index (κ1) is 64.1. The van der Waals surface area contributed by atoms with E-state index < -0.39 is 186 Å². The lowest BCUT2D eigenvalue weighted by molar-refractivity contribution is -0.386. The minimum absolute atomic E-state index is 0.00229. The van der Waals surface area contributed by atoms with Gasteiger partial charge in [0.15, 0.2) is 25.2 Å². The van der Waals surface area contributed by atoms with Gasteiger partial charge in [0.05, 0.1) is 49.0 Å². The molecule has 5 saturated heterocycles. The molecule has 0 unspecified atom stereocenters. The van der Waals surface area contributed by atoms with Crippen LogP contribution in [0.1, 0.15) is 107 Å². The van der Waals surface area contributed by atoms with Crippen LogP contribution in [0.2, 0.25) is 0 Å². The van der Waals surface area contributed by atoms with Crippen LogP contribution in [0.3, 0.4) is 0 Å². The quantitative estimate of drug-likeness (QED) is 0.0533. The summed E-state index contributed by atoms with van der Waals surface area (Å²) in [5.74, 6) is -1.29. The van der Waals surface area contributed by atoms with Crippen LogP contribution >= 0.6 is 0 Å². The monoisotopic (exact) mass is 1190 g/mol. The predicted molar refractivity (Wildman–Crippen MR) is 277 cm³/mol. The molecule has 10 N–H and O–H groups in total. The third-order valence-electron chi connectivity index (χ3n) is 20.0. The van der Waals surface area contributed by atoms with Crippen molar-refractivity contribution in [1.82, 2.24) is 0 Å². The van der Waals surface area contributed by atoms with Gasteiger partial charge in [0.2, 0.25) is 0 Å². The molecule has 26 nitrogen and oxygen atoms in total. The molecule has 0 aromatic rings. The van der Waals surface area contributed by atoms with Gasteiger partial charge in [-0.15, -0.1) is 0 Å². The van der Waals surface area contributed by atoms with E-state index in [1.54, 1.807) is 19.9 Å². The van der Waals surface area contributed by atoms with Gasteiger partial charge in [0.25, 0.3) is 0 Å². The molecule has 0 aromatic heterocycles. The number of hydrogen-bond donors (Lipinski definition) is 10. The highest BCUT2D eigenvalue weighted by Crippen LogP contribution is 2.76. The fourth-order valence-corrected chi connectivity index (χ4v) is 16.7. The molecule has 9 aliphatic rings. The Kier molecular flexibility index (Phi) is 18.2. The Balaban J connectivity index is 0.920. The highest BCUT2D eigenvalue weighted by atomic mass is 32.3. The second-order valence-corrected chi connectivity index (χ2v) is 27.1. The van der Waals surface area contributed by atoms with Gasteiger partial charge in [-0.05, 0) is 88.9 Å².